The fraction of sp³-hybridized carbons (Fsp3) is 0.222. The molecule has 0 atom stereocenters. The Bertz CT molecular complexity index is 409. The molecule has 7 heteroatoms. The van der Waals surface area contributed by atoms with Crippen molar-refractivity contribution in [2.24, 2.45) is 0 Å². The van der Waals surface area contributed by atoms with Crippen molar-refractivity contribution < 1.29 is 22.4 Å². The molecule has 1 aromatic rings. The number of alkyl halides is 2. The van der Waals surface area contributed by atoms with E-state index in [4.69, 9.17) is 5.73 Å². The van der Waals surface area contributed by atoms with Crippen molar-refractivity contribution in [3.05, 3.63) is 29.3 Å². The van der Waals surface area contributed by atoms with Crippen molar-refractivity contribution in [2.45, 2.75) is 6.43 Å². The summed E-state index contributed by atoms with van der Waals surface area (Å²) in [5.41, 5.74) is 4.55. The molecule has 3 N–H and O–H groups in total. The lowest BCUT2D eigenvalue weighted by atomic mass is 10.1. The van der Waals surface area contributed by atoms with Crippen LogP contribution in [0.15, 0.2) is 12.1 Å². The maximum absolute atomic E-state index is 12.8. The fourth-order valence-corrected chi connectivity index (χ4v) is 1.02. The van der Waals surface area contributed by atoms with Gasteiger partial charge in [0, 0.05) is 11.8 Å². The Morgan fingerprint density at radius 3 is 2.44 bits per heavy atom. The lowest BCUT2D eigenvalue weighted by Crippen LogP contribution is -2.29. The Hall–Kier alpha value is -1.79. The largest absolute Gasteiger partial charge is 0.398 e. The minimum Gasteiger partial charge on any atom is -0.398 e. The predicted octanol–water partition coefficient (Wildman–Crippen LogP) is 1.54. The summed E-state index contributed by atoms with van der Waals surface area (Å²) < 4.78 is 48.9. The van der Waals surface area contributed by atoms with E-state index in [-0.39, 0.29) is 11.3 Å². The van der Waals surface area contributed by atoms with Gasteiger partial charge in [-0.1, -0.05) is 0 Å². The summed E-state index contributed by atoms with van der Waals surface area (Å²) in [5, 5.41) is 1.83. The molecule has 0 heterocycles. The maximum atomic E-state index is 12.8. The second-order valence-electron chi connectivity index (χ2n) is 2.95. The molecule has 0 bridgehead atoms. The van der Waals surface area contributed by atoms with Gasteiger partial charge in [-0.15, -0.1) is 0 Å². The number of anilines is 1. The summed E-state index contributed by atoms with van der Waals surface area (Å²) in [7, 11) is 0. The summed E-state index contributed by atoms with van der Waals surface area (Å²) in [5.74, 6) is -3.45. The van der Waals surface area contributed by atoms with Gasteiger partial charge in [-0.25, -0.2) is 17.6 Å². The first kappa shape index (κ1) is 12.3. The molecule has 0 radical (unpaired) electrons. The molecule has 1 aromatic carbocycles. The van der Waals surface area contributed by atoms with Crippen LogP contribution in [0.2, 0.25) is 0 Å². The first-order valence-electron chi connectivity index (χ1n) is 4.22. The number of rotatable bonds is 3. The summed E-state index contributed by atoms with van der Waals surface area (Å²) in [6, 6.07) is 1.18. The van der Waals surface area contributed by atoms with Crippen molar-refractivity contribution in [3.8, 4) is 0 Å². The lowest BCUT2D eigenvalue weighted by molar-refractivity contribution is 0.0892. The van der Waals surface area contributed by atoms with Crippen LogP contribution in [0.3, 0.4) is 0 Å². The van der Waals surface area contributed by atoms with Gasteiger partial charge in [0.05, 0.1) is 12.1 Å². The molecule has 0 aliphatic heterocycles. The van der Waals surface area contributed by atoms with Crippen molar-refractivity contribution in [2.75, 3.05) is 12.3 Å². The van der Waals surface area contributed by atoms with Gasteiger partial charge in [0.25, 0.3) is 12.3 Å². The highest BCUT2D eigenvalue weighted by Gasteiger charge is 2.15. The number of nitrogens with one attached hydrogen (secondary N) is 1. The Balaban J connectivity index is 2.87. The highest BCUT2D eigenvalue weighted by molar-refractivity contribution is 5.99. The van der Waals surface area contributed by atoms with Crippen molar-refractivity contribution >= 4 is 11.6 Å². The van der Waals surface area contributed by atoms with Gasteiger partial charge in [0.1, 0.15) is 0 Å². The Kier molecular flexibility index (Phi) is 3.70. The normalized spacial score (nSPS) is 10.6. The molecule has 1 rings (SSSR count). The molecule has 0 unspecified atom stereocenters. The molecule has 0 fully saturated rings. The molecule has 0 saturated heterocycles. The molecule has 1 amide bonds. The van der Waals surface area contributed by atoms with Crippen LogP contribution in [0.5, 0.6) is 0 Å². The number of nitrogens with two attached hydrogens (primary N) is 1. The van der Waals surface area contributed by atoms with E-state index in [1.807, 2.05) is 5.32 Å². The van der Waals surface area contributed by atoms with Crippen LogP contribution in [-0.4, -0.2) is 18.9 Å². The average molecular weight is 236 g/mol. The predicted molar refractivity (Wildman–Crippen MR) is 49.1 cm³/mol. The van der Waals surface area contributed by atoms with E-state index in [0.29, 0.717) is 12.1 Å². The third-order valence-corrected chi connectivity index (χ3v) is 1.75. The van der Waals surface area contributed by atoms with Crippen LogP contribution >= 0.6 is 0 Å². The summed E-state index contributed by atoms with van der Waals surface area (Å²) in [6.45, 7) is -0.878. The molecule has 0 aliphatic rings. The quantitative estimate of drug-likeness (QED) is 0.617. The zero-order valence-corrected chi connectivity index (χ0v) is 7.94. The molecule has 16 heavy (non-hydrogen) atoms. The molecule has 0 aliphatic carbocycles. The number of halogens is 4. The van der Waals surface area contributed by atoms with Crippen LogP contribution < -0.4 is 11.1 Å². The summed E-state index contributed by atoms with van der Waals surface area (Å²) in [4.78, 5) is 11.2. The minimum absolute atomic E-state index is 0.314. The van der Waals surface area contributed by atoms with Gasteiger partial charge in [-0.3, -0.25) is 4.79 Å². The van der Waals surface area contributed by atoms with Crippen LogP contribution in [0.1, 0.15) is 10.4 Å². The van der Waals surface area contributed by atoms with Crippen LogP contribution in [-0.2, 0) is 0 Å². The van der Waals surface area contributed by atoms with Crippen molar-refractivity contribution in [1.82, 2.24) is 5.32 Å². The highest BCUT2D eigenvalue weighted by atomic mass is 19.3. The third kappa shape index (κ3) is 2.85. The zero-order valence-electron chi connectivity index (χ0n) is 7.94. The SMILES string of the molecule is Nc1cc(F)c(F)cc1C(=O)NCC(F)F. The molecular weight excluding hydrogens is 228 g/mol. The average Bonchev–Trinajstić information content (AvgIpc) is 2.20. The fourth-order valence-electron chi connectivity index (χ4n) is 1.02. The van der Waals surface area contributed by atoms with Gasteiger partial charge in [-0.2, -0.15) is 0 Å². The topological polar surface area (TPSA) is 55.1 Å². The number of amides is 1. The maximum Gasteiger partial charge on any atom is 0.255 e. The lowest BCUT2D eigenvalue weighted by Gasteiger charge is -2.07. The second-order valence-corrected chi connectivity index (χ2v) is 2.95. The molecule has 0 spiro atoms. The monoisotopic (exact) mass is 236 g/mol. The van der Waals surface area contributed by atoms with E-state index < -0.39 is 30.5 Å². The van der Waals surface area contributed by atoms with Gasteiger partial charge in [0.2, 0.25) is 0 Å². The van der Waals surface area contributed by atoms with E-state index in [1.54, 1.807) is 0 Å². The van der Waals surface area contributed by atoms with Gasteiger partial charge < -0.3 is 11.1 Å². The number of nitrogen functional groups attached to an aromatic ring is 1. The molecular formula is C9H8F4N2O. The highest BCUT2D eigenvalue weighted by Crippen LogP contribution is 2.16. The third-order valence-electron chi connectivity index (χ3n) is 1.75. The van der Waals surface area contributed by atoms with Crippen molar-refractivity contribution in [1.29, 1.82) is 0 Å². The summed E-state index contributed by atoms with van der Waals surface area (Å²) in [6.07, 6.45) is -2.73. The van der Waals surface area contributed by atoms with E-state index in [2.05, 4.69) is 0 Å². The van der Waals surface area contributed by atoms with E-state index in [1.165, 1.54) is 0 Å². The molecule has 0 saturated carbocycles. The Morgan fingerprint density at radius 2 is 1.88 bits per heavy atom. The molecule has 3 nitrogen and oxygen atoms in total. The smallest absolute Gasteiger partial charge is 0.255 e. The first-order chi connectivity index (χ1) is 7.41. The molecule has 88 valence electrons. The number of hydrogen-bond acceptors (Lipinski definition) is 2. The minimum atomic E-state index is -2.73. The first-order valence-corrected chi connectivity index (χ1v) is 4.22. The second kappa shape index (κ2) is 4.82. The van der Waals surface area contributed by atoms with E-state index in [9.17, 15) is 22.4 Å². The van der Waals surface area contributed by atoms with E-state index >= 15 is 0 Å². The number of carbonyl (C=O) groups excluding carboxylic acids is 1. The van der Waals surface area contributed by atoms with Crippen LogP contribution in [0.25, 0.3) is 0 Å². The number of hydrogen-bond donors (Lipinski definition) is 2. The Labute approximate surface area is 88.2 Å². The van der Waals surface area contributed by atoms with Gasteiger partial charge in [-0.05, 0) is 6.07 Å². The zero-order chi connectivity index (χ0) is 12.3. The van der Waals surface area contributed by atoms with Crippen LogP contribution in [0.4, 0.5) is 23.2 Å². The van der Waals surface area contributed by atoms with Gasteiger partial charge in [0.15, 0.2) is 11.6 Å². The van der Waals surface area contributed by atoms with Crippen molar-refractivity contribution in [3.63, 3.8) is 0 Å². The summed E-state index contributed by atoms with van der Waals surface area (Å²) >= 11 is 0. The van der Waals surface area contributed by atoms with Gasteiger partial charge >= 0.3 is 0 Å². The standard InChI is InChI=1S/C9H8F4N2O/c10-5-1-4(7(14)2-6(5)11)9(16)15-3-8(12)13/h1-2,8H,3,14H2,(H,15,16). The molecule has 0 aromatic heterocycles. The Morgan fingerprint density at radius 1 is 1.31 bits per heavy atom. The van der Waals surface area contributed by atoms with E-state index in [0.717, 1.165) is 0 Å². The number of benzene rings is 1. The number of carbonyl (C=O) groups is 1. The van der Waals surface area contributed by atoms with Crippen LogP contribution in [0, 0.1) is 11.6 Å².